The van der Waals surface area contributed by atoms with Gasteiger partial charge in [-0.25, -0.2) is 0 Å². The summed E-state index contributed by atoms with van der Waals surface area (Å²) in [6, 6.07) is 4.16. The van der Waals surface area contributed by atoms with Crippen molar-refractivity contribution >= 4 is 11.6 Å². The molecule has 24 heavy (non-hydrogen) atoms. The topological polar surface area (TPSA) is 63.7 Å². The van der Waals surface area contributed by atoms with Crippen molar-refractivity contribution in [1.29, 1.82) is 0 Å². The minimum atomic E-state index is -0.226. The second-order valence-electron chi connectivity index (χ2n) is 6.90. The third kappa shape index (κ3) is 3.13. The fourth-order valence-electron chi connectivity index (χ4n) is 4.23. The van der Waals surface area contributed by atoms with Gasteiger partial charge in [-0.3, -0.25) is 9.78 Å². The number of aromatic nitrogens is 1. The van der Waals surface area contributed by atoms with Crippen molar-refractivity contribution in [1.82, 2.24) is 9.88 Å². The van der Waals surface area contributed by atoms with Crippen LogP contribution < -0.4 is 5.32 Å². The van der Waals surface area contributed by atoms with Gasteiger partial charge in [0.2, 0.25) is 0 Å². The van der Waals surface area contributed by atoms with Gasteiger partial charge in [-0.1, -0.05) is 0 Å². The molecule has 130 valence electrons. The standard InChI is InChI=1S/C18H25N3O3/c22-18(16-4-2-9-23-16)21-8-10-24-17-13(5-6-15(17)21)11-20-14-3-1-7-19-12-14/h1,3,7,12-13,15-17,20H,2,4-6,8-11H2/t13?,15?,16-,17?/m0/s1. The number of carbonyl (C=O) groups excluding carboxylic acids is 1. The van der Waals surface area contributed by atoms with Gasteiger partial charge in [0.05, 0.1) is 24.4 Å². The molecule has 1 aliphatic carbocycles. The first-order valence-electron chi connectivity index (χ1n) is 9.00. The second kappa shape index (κ2) is 7.07. The normalized spacial score (nSPS) is 32.6. The number of morpholine rings is 1. The molecule has 0 spiro atoms. The van der Waals surface area contributed by atoms with Crippen LogP contribution in [-0.2, 0) is 14.3 Å². The Labute approximate surface area is 142 Å². The van der Waals surface area contributed by atoms with Gasteiger partial charge < -0.3 is 19.7 Å². The van der Waals surface area contributed by atoms with Gasteiger partial charge in [-0.2, -0.15) is 0 Å². The first-order valence-corrected chi connectivity index (χ1v) is 9.00. The monoisotopic (exact) mass is 331 g/mol. The van der Waals surface area contributed by atoms with E-state index in [0.717, 1.165) is 37.9 Å². The molecule has 2 saturated heterocycles. The summed E-state index contributed by atoms with van der Waals surface area (Å²) >= 11 is 0. The number of nitrogens with zero attached hydrogens (tertiary/aromatic N) is 2. The van der Waals surface area contributed by atoms with Crippen LogP contribution in [-0.4, -0.2) is 60.3 Å². The highest BCUT2D eigenvalue weighted by Crippen LogP contribution is 2.35. The molecule has 1 amide bonds. The van der Waals surface area contributed by atoms with Gasteiger partial charge in [-0.15, -0.1) is 0 Å². The third-order valence-electron chi connectivity index (χ3n) is 5.44. The Morgan fingerprint density at radius 2 is 2.25 bits per heavy atom. The zero-order valence-electron chi connectivity index (χ0n) is 13.9. The number of hydrogen-bond donors (Lipinski definition) is 1. The van der Waals surface area contributed by atoms with Gasteiger partial charge in [0.1, 0.15) is 6.10 Å². The van der Waals surface area contributed by atoms with E-state index in [1.807, 2.05) is 23.2 Å². The number of amides is 1. The Morgan fingerprint density at radius 1 is 1.29 bits per heavy atom. The van der Waals surface area contributed by atoms with Crippen molar-refractivity contribution in [3.05, 3.63) is 24.5 Å². The summed E-state index contributed by atoms with van der Waals surface area (Å²) in [7, 11) is 0. The molecular formula is C18H25N3O3. The molecule has 0 aromatic carbocycles. The summed E-state index contributed by atoms with van der Waals surface area (Å²) in [5, 5.41) is 3.45. The number of rotatable bonds is 4. The number of nitrogens with one attached hydrogen (secondary N) is 1. The first-order chi connectivity index (χ1) is 11.8. The Balaban J connectivity index is 1.38. The van der Waals surface area contributed by atoms with E-state index in [9.17, 15) is 4.79 Å². The van der Waals surface area contributed by atoms with Gasteiger partial charge in [0.25, 0.3) is 5.91 Å². The summed E-state index contributed by atoms with van der Waals surface area (Å²) in [4.78, 5) is 18.9. The average molecular weight is 331 g/mol. The van der Waals surface area contributed by atoms with E-state index in [4.69, 9.17) is 9.47 Å². The maximum Gasteiger partial charge on any atom is 0.252 e. The van der Waals surface area contributed by atoms with E-state index in [2.05, 4.69) is 10.3 Å². The minimum absolute atomic E-state index is 0.133. The van der Waals surface area contributed by atoms with E-state index in [-0.39, 0.29) is 24.2 Å². The third-order valence-corrected chi connectivity index (χ3v) is 5.44. The first kappa shape index (κ1) is 15.8. The zero-order valence-corrected chi connectivity index (χ0v) is 13.9. The molecule has 1 saturated carbocycles. The fraction of sp³-hybridized carbons (Fsp3) is 0.667. The summed E-state index contributed by atoms with van der Waals surface area (Å²) < 4.78 is 11.7. The number of pyridine rings is 1. The Kier molecular flexibility index (Phi) is 4.67. The van der Waals surface area contributed by atoms with E-state index in [1.54, 1.807) is 6.20 Å². The number of ether oxygens (including phenoxy) is 2. The lowest BCUT2D eigenvalue weighted by molar-refractivity contribution is -0.155. The molecule has 3 aliphatic rings. The minimum Gasteiger partial charge on any atom is -0.383 e. The largest absolute Gasteiger partial charge is 0.383 e. The predicted molar refractivity (Wildman–Crippen MR) is 89.7 cm³/mol. The summed E-state index contributed by atoms with van der Waals surface area (Å²) in [5.74, 6) is 0.599. The Hall–Kier alpha value is -1.66. The molecule has 0 radical (unpaired) electrons. The molecule has 4 atom stereocenters. The van der Waals surface area contributed by atoms with E-state index in [1.165, 1.54) is 0 Å². The molecule has 4 rings (SSSR count). The van der Waals surface area contributed by atoms with Gasteiger partial charge >= 0.3 is 0 Å². The van der Waals surface area contributed by atoms with Gasteiger partial charge in [0, 0.05) is 38.0 Å². The van der Waals surface area contributed by atoms with Crippen LogP contribution in [0.2, 0.25) is 0 Å². The molecule has 1 aromatic heterocycles. The highest BCUT2D eigenvalue weighted by atomic mass is 16.5. The fourth-order valence-corrected chi connectivity index (χ4v) is 4.23. The van der Waals surface area contributed by atoms with E-state index < -0.39 is 0 Å². The number of carbonyl (C=O) groups is 1. The van der Waals surface area contributed by atoms with Crippen LogP contribution in [0.25, 0.3) is 0 Å². The van der Waals surface area contributed by atoms with Crippen molar-refractivity contribution in [2.45, 2.75) is 43.9 Å². The molecule has 1 aromatic rings. The van der Waals surface area contributed by atoms with Crippen LogP contribution in [0.3, 0.4) is 0 Å². The quantitative estimate of drug-likeness (QED) is 0.909. The number of anilines is 1. The lowest BCUT2D eigenvalue weighted by Gasteiger charge is -2.40. The summed E-state index contributed by atoms with van der Waals surface area (Å²) in [5.41, 5.74) is 1.03. The predicted octanol–water partition coefficient (Wildman–Crippen LogP) is 1.68. The van der Waals surface area contributed by atoms with Crippen LogP contribution in [0.1, 0.15) is 25.7 Å². The van der Waals surface area contributed by atoms with Gasteiger partial charge in [-0.05, 0) is 37.8 Å². The van der Waals surface area contributed by atoms with Crippen LogP contribution in [0.15, 0.2) is 24.5 Å². The molecule has 3 heterocycles. The molecular weight excluding hydrogens is 306 g/mol. The maximum absolute atomic E-state index is 12.8. The lowest BCUT2D eigenvalue weighted by Crippen LogP contribution is -2.55. The van der Waals surface area contributed by atoms with Crippen molar-refractivity contribution in [3.8, 4) is 0 Å². The second-order valence-corrected chi connectivity index (χ2v) is 6.90. The zero-order chi connectivity index (χ0) is 16.4. The lowest BCUT2D eigenvalue weighted by atomic mass is 10.0. The SMILES string of the molecule is O=C([C@@H]1CCCO1)N1CCOC2C(CNc3cccnc3)CCC21. The van der Waals surface area contributed by atoms with Crippen molar-refractivity contribution in [2.75, 3.05) is 31.6 Å². The Morgan fingerprint density at radius 3 is 3.04 bits per heavy atom. The maximum atomic E-state index is 12.8. The van der Waals surface area contributed by atoms with Crippen LogP contribution in [0.5, 0.6) is 0 Å². The Bertz CT molecular complexity index is 562. The molecule has 6 heteroatoms. The number of hydrogen-bond acceptors (Lipinski definition) is 5. The molecule has 1 N–H and O–H groups in total. The average Bonchev–Trinajstić information content (AvgIpc) is 3.30. The van der Waals surface area contributed by atoms with Crippen molar-refractivity contribution in [3.63, 3.8) is 0 Å². The van der Waals surface area contributed by atoms with Gasteiger partial charge in [0.15, 0.2) is 0 Å². The van der Waals surface area contributed by atoms with Crippen molar-refractivity contribution in [2.24, 2.45) is 5.92 Å². The van der Waals surface area contributed by atoms with E-state index >= 15 is 0 Å². The molecule has 3 unspecified atom stereocenters. The molecule has 2 aliphatic heterocycles. The number of fused-ring (bicyclic) bond motifs is 1. The van der Waals surface area contributed by atoms with Crippen molar-refractivity contribution < 1.29 is 14.3 Å². The molecule has 3 fully saturated rings. The summed E-state index contributed by atoms with van der Waals surface area (Å²) in [6.07, 6.45) is 7.47. The van der Waals surface area contributed by atoms with Crippen LogP contribution in [0.4, 0.5) is 5.69 Å². The molecule has 0 bridgehead atoms. The highest BCUT2D eigenvalue weighted by molar-refractivity contribution is 5.81. The van der Waals surface area contributed by atoms with E-state index in [0.29, 0.717) is 25.7 Å². The highest BCUT2D eigenvalue weighted by Gasteiger charge is 2.45. The smallest absolute Gasteiger partial charge is 0.252 e. The molecule has 6 nitrogen and oxygen atoms in total. The summed E-state index contributed by atoms with van der Waals surface area (Å²) in [6.45, 7) is 2.90. The van der Waals surface area contributed by atoms with Crippen LogP contribution in [0, 0.1) is 5.92 Å². The van der Waals surface area contributed by atoms with Crippen LogP contribution >= 0.6 is 0 Å².